The van der Waals surface area contributed by atoms with Crippen molar-refractivity contribution in [3.63, 3.8) is 0 Å². The van der Waals surface area contributed by atoms with Gasteiger partial charge in [0.15, 0.2) is 5.82 Å². The summed E-state index contributed by atoms with van der Waals surface area (Å²) in [4.78, 5) is 11.3. The number of nitrogens with zero attached hydrogens (tertiary/aromatic N) is 3. The van der Waals surface area contributed by atoms with Crippen molar-refractivity contribution in [2.24, 2.45) is 0 Å². The summed E-state index contributed by atoms with van der Waals surface area (Å²) in [6.07, 6.45) is 2.45. The summed E-state index contributed by atoms with van der Waals surface area (Å²) < 4.78 is 10.3. The van der Waals surface area contributed by atoms with Crippen LogP contribution >= 0.6 is 0 Å². The van der Waals surface area contributed by atoms with Gasteiger partial charge in [-0.15, -0.1) is 0 Å². The Labute approximate surface area is 114 Å². The molecule has 0 bridgehead atoms. The topological polar surface area (TPSA) is 59.5 Å². The first-order valence-electron chi connectivity index (χ1n) is 6.58. The van der Waals surface area contributed by atoms with E-state index in [-0.39, 0.29) is 0 Å². The van der Waals surface area contributed by atoms with Crippen LogP contribution in [0.3, 0.4) is 0 Å². The van der Waals surface area contributed by atoms with Gasteiger partial charge in [-0.3, -0.25) is 0 Å². The van der Waals surface area contributed by atoms with Crippen LogP contribution in [0.5, 0.6) is 0 Å². The molecule has 6 heteroatoms. The van der Waals surface area contributed by atoms with Crippen LogP contribution in [0.25, 0.3) is 0 Å². The number of ether oxygens (including phenoxy) is 2. The Morgan fingerprint density at radius 2 is 2.11 bits per heavy atom. The van der Waals surface area contributed by atoms with Crippen molar-refractivity contribution < 1.29 is 9.47 Å². The van der Waals surface area contributed by atoms with Crippen LogP contribution in [0.4, 0.5) is 11.6 Å². The zero-order valence-electron chi connectivity index (χ0n) is 11.8. The molecule has 1 heterocycles. The fourth-order valence-corrected chi connectivity index (χ4v) is 2.01. The van der Waals surface area contributed by atoms with Crippen LogP contribution in [-0.2, 0) is 16.1 Å². The third-order valence-corrected chi connectivity index (χ3v) is 3.11. The van der Waals surface area contributed by atoms with Crippen molar-refractivity contribution in [3.8, 4) is 0 Å². The number of nitrogens with one attached hydrogen (secondary N) is 1. The molecule has 1 saturated carbocycles. The summed E-state index contributed by atoms with van der Waals surface area (Å²) in [6, 6.07) is 2.57. The van der Waals surface area contributed by atoms with E-state index in [0.29, 0.717) is 25.1 Å². The predicted molar refractivity (Wildman–Crippen MR) is 74.5 cm³/mol. The highest BCUT2D eigenvalue weighted by Crippen LogP contribution is 2.31. The van der Waals surface area contributed by atoms with Crippen LogP contribution < -0.4 is 10.2 Å². The molecule has 106 valence electrons. The number of rotatable bonds is 8. The highest BCUT2D eigenvalue weighted by molar-refractivity contribution is 5.50. The fraction of sp³-hybridized carbons (Fsp3) is 0.692. The molecule has 0 atom stereocenters. The first-order chi connectivity index (χ1) is 9.28. The summed E-state index contributed by atoms with van der Waals surface area (Å²) in [5, 5.41) is 3.07. The maximum absolute atomic E-state index is 5.18. The van der Waals surface area contributed by atoms with Gasteiger partial charge in [0, 0.05) is 39.9 Å². The monoisotopic (exact) mass is 266 g/mol. The molecule has 1 N–H and O–H groups in total. The molecule has 19 heavy (non-hydrogen) atoms. The minimum atomic E-state index is 0.422. The van der Waals surface area contributed by atoms with E-state index in [0.717, 1.165) is 18.2 Å². The summed E-state index contributed by atoms with van der Waals surface area (Å²) in [7, 11) is 5.23. The molecule has 0 amide bonds. The van der Waals surface area contributed by atoms with Gasteiger partial charge in [-0.1, -0.05) is 0 Å². The van der Waals surface area contributed by atoms with E-state index < -0.39 is 0 Å². The van der Waals surface area contributed by atoms with Gasteiger partial charge in [-0.2, -0.15) is 0 Å². The van der Waals surface area contributed by atoms with E-state index in [1.165, 1.54) is 12.8 Å². The normalized spacial score (nSPS) is 14.5. The van der Waals surface area contributed by atoms with Gasteiger partial charge in [-0.25, -0.2) is 9.97 Å². The molecule has 1 fully saturated rings. The number of anilines is 2. The molecule has 1 aromatic rings. The van der Waals surface area contributed by atoms with Crippen molar-refractivity contribution in [1.82, 2.24) is 9.97 Å². The zero-order chi connectivity index (χ0) is 13.7. The quantitative estimate of drug-likeness (QED) is 0.765. The lowest BCUT2D eigenvalue weighted by Crippen LogP contribution is -2.30. The molecule has 1 aliphatic rings. The average molecular weight is 266 g/mol. The first-order valence-corrected chi connectivity index (χ1v) is 6.58. The van der Waals surface area contributed by atoms with Gasteiger partial charge in [0.25, 0.3) is 0 Å². The molecule has 0 aliphatic heterocycles. The molecule has 0 saturated heterocycles. The van der Waals surface area contributed by atoms with Crippen molar-refractivity contribution in [2.75, 3.05) is 44.6 Å². The standard InChI is InChI=1S/C13H22N4O2/c1-14-11-8-13(16-12(15-11)9-19-3)17(6-7-18-2)10-4-5-10/h8,10H,4-7,9H2,1-3H3,(H,14,15,16). The minimum Gasteiger partial charge on any atom is -0.383 e. The second kappa shape index (κ2) is 6.68. The molecule has 0 unspecified atom stereocenters. The van der Waals surface area contributed by atoms with E-state index >= 15 is 0 Å². The first kappa shape index (κ1) is 14.0. The zero-order valence-corrected chi connectivity index (χ0v) is 11.8. The van der Waals surface area contributed by atoms with Crippen LogP contribution in [-0.4, -0.2) is 50.4 Å². The summed E-state index contributed by atoms with van der Waals surface area (Å²) in [5.74, 6) is 2.47. The van der Waals surface area contributed by atoms with Crippen LogP contribution in [0.1, 0.15) is 18.7 Å². The molecular formula is C13H22N4O2. The summed E-state index contributed by atoms with van der Waals surface area (Å²) in [6.45, 7) is 1.98. The lowest BCUT2D eigenvalue weighted by Gasteiger charge is -2.24. The van der Waals surface area contributed by atoms with E-state index in [2.05, 4.69) is 20.2 Å². The Balaban J connectivity index is 2.21. The van der Waals surface area contributed by atoms with Gasteiger partial charge in [0.2, 0.25) is 0 Å². The van der Waals surface area contributed by atoms with Gasteiger partial charge < -0.3 is 19.7 Å². The van der Waals surface area contributed by atoms with Crippen molar-refractivity contribution in [3.05, 3.63) is 11.9 Å². The lowest BCUT2D eigenvalue weighted by molar-refractivity contribution is 0.178. The predicted octanol–water partition coefficient (Wildman–Crippen LogP) is 1.28. The highest BCUT2D eigenvalue weighted by Gasteiger charge is 2.30. The molecule has 6 nitrogen and oxygen atoms in total. The van der Waals surface area contributed by atoms with E-state index in [4.69, 9.17) is 9.47 Å². The Hall–Kier alpha value is -1.40. The molecule has 2 rings (SSSR count). The Morgan fingerprint density at radius 1 is 1.32 bits per heavy atom. The number of aromatic nitrogens is 2. The average Bonchev–Trinajstić information content (AvgIpc) is 3.24. The molecule has 0 spiro atoms. The third kappa shape index (κ3) is 3.78. The van der Waals surface area contributed by atoms with Crippen molar-refractivity contribution in [2.45, 2.75) is 25.5 Å². The summed E-state index contributed by atoms with van der Waals surface area (Å²) >= 11 is 0. The van der Waals surface area contributed by atoms with E-state index in [1.807, 2.05) is 13.1 Å². The van der Waals surface area contributed by atoms with Gasteiger partial charge in [0.1, 0.15) is 18.2 Å². The molecule has 1 aliphatic carbocycles. The number of methoxy groups -OCH3 is 2. The molecule has 0 radical (unpaired) electrons. The lowest BCUT2D eigenvalue weighted by atomic mass is 10.4. The van der Waals surface area contributed by atoms with Crippen molar-refractivity contribution in [1.29, 1.82) is 0 Å². The number of hydrogen-bond acceptors (Lipinski definition) is 6. The highest BCUT2D eigenvalue weighted by atomic mass is 16.5. The SMILES string of the molecule is CNc1cc(N(CCOC)C2CC2)nc(COC)n1. The molecule has 0 aromatic carbocycles. The Kier molecular flexibility index (Phi) is 4.93. The maximum atomic E-state index is 5.18. The van der Waals surface area contributed by atoms with Crippen molar-refractivity contribution >= 4 is 11.6 Å². The van der Waals surface area contributed by atoms with Crippen LogP contribution in [0, 0.1) is 0 Å². The van der Waals surface area contributed by atoms with Crippen LogP contribution in [0.2, 0.25) is 0 Å². The maximum Gasteiger partial charge on any atom is 0.158 e. The third-order valence-electron chi connectivity index (χ3n) is 3.11. The Bertz CT molecular complexity index is 410. The second-order valence-corrected chi connectivity index (χ2v) is 4.63. The van der Waals surface area contributed by atoms with E-state index in [1.54, 1.807) is 14.2 Å². The van der Waals surface area contributed by atoms with Gasteiger partial charge >= 0.3 is 0 Å². The minimum absolute atomic E-state index is 0.422. The Morgan fingerprint density at radius 3 is 2.68 bits per heavy atom. The number of hydrogen-bond donors (Lipinski definition) is 1. The van der Waals surface area contributed by atoms with Crippen LogP contribution in [0.15, 0.2) is 6.07 Å². The second-order valence-electron chi connectivity index (χ2n) is 4.63. The van der Waals surface area contributed by atoms with Gasteiger partial charge in [0.05, 0.1) is 6.61 Å². The smallest absolute Gasteiger partial charge is 0.158 e. The summed E-state index contributed by atoms with van der Waals surface area (Å²) in [5.41, 5.74) is 0. The largest absolute Gasteiger partial charge is 0.383 e. The fourth-order valence-electron chi connectivity index (χ4n) is 2.01. The van der Waals surface area contributed by atoms with E-state index in [9.17, 15) is 0 Å². The van der Waals surface area contributed by atoms with Gasteiger partial charge in [-0.05, 0) is 12.8 Å². The molecule has 1 aromatic heterocycles. The molecular weight excluding hydrogens is 244 g/mol.